The molecule has 1 amide bonds. The molecule has 2 saturated heterocycles. The zero-order chi connectivity index (χ0) is 14.4. The second-order valence-electron chi connectivity index (χ2n) is 6.41. The van der Waals surface area contributed by atoms with Crippen LogP contribution >= 0.6 is 0 Å². The summed E-state index contributed by atoms with van der Waals surface area (Å²) in [7, 11) is 0. The van der Waals surface area contributed by atoms with E-state index in [0.29, 0.717) is 13.1 Å². The molecule has 0 N–H and O–H groups in total. The molecule has 0 radical (unpaired) electrons. The molecule has 1 aromatic rings. The van der Waals surface area contributed by atoms with E-state index in [1.807, 2.05) is 39.1 Å². The monoisotopic (exact) mass is 276 g/mol. The molecule has 2 atom stereocenters. The van der Waals surface area contributed by atoms with E-state index < -0.39 is 5.60 Å². The van der Waals surface area contributed by atoms with Crippen LogP contribution in [0.1, 0.15) is 32.8 Å². The molecule has 5 nitrogen and oxygen atoms in total. The molecule has 2 fully saturated rings. The smallest absolute Gasteiger partial charge is 0.410 e. The van der Waals surface area contributed by atoms with E-state index in [2.05, 4.69) is 4.98 Å². The van der Waals surface area contributed by atoms with E-state index in [9.17, 15) is 4.79 Å². The Kier molecular flexibility index (Phi) is 2.97. The normalized spacial score (nSPS) is 28.8. The van der Waals surface area contributed by atoms with Crippen LogP contribution in [0.2, 0.25) is 0 Å². The van der Waals surface area contributed by atoms with E-state index >= 15 is 0 Å². The zero-order valence-electron chi connectivity index (χ0n) is 12.1. The number of ether oxygens (including phenoxy) is 2. The Morgan fingerprint density at radius 3 is 2.95 bits per heavy atom. The second-order valence-corrected chi connectivity index (χ2v) is 6.41. The molecule has 0 saturated carbocycles. The average molecular weight is 276 g/mol. The predicted molar refractivity (Wildman–Crippen MR) is 73.2 cm³/mol. The van der Waals surface area contributed by atoms with Crippen molar-refractivity contribution in [3.63, 3.8) is 0 Å². The third-order valence-electron chi connectivity index (χ3n) is 3.76. The van der Waals surface area contributed by atoms with Crippen LogP contribution in [0.5, 0.6) is 0 Å². The van der Waals surface area contributed by atoms with Crippen molar-refractivity contribution < 1.29 is 14.3 Å². The van der Waals surface area contributed by atoms with E-state index in [1.54, 1.807) is 11.1 Å². The van der Waals surface area contributed by atoms with Crippen molar-refractivity contribution in [2.24, 2.45) is 0 Å². The van der Waals surface area contributed by atoms with Gasteiger partial charge in [0.2, 0.25) is 0 Å². The highest BCUT2D eigenvalue weighted by molar-refractivity contribution is 5.68. The molecule has 1 aromatic heterocycles. The molecular weight excluding hydrogens is 256 g/mol. The van der Waals surface area contributed by atoms with Gasteiger partial charge in [0.1, 0.15) is 17.3 Å². The first kappa shape index (κ1) is 13.4. The largest absolute Gasteiger partial charge is 0.444 e. The molecule has 20 heavy (non-hydrogen) atoms. The zero-order valence-corrected chi connectivity index (χ0v) is 12.1. The Morgan fingerprint density at radius 1 is 1.55 bits per heavy atom. The molecule has 3 heterocycles. The molecule has 2 aliphatic rings. The molecule has 2 aliphatic heterocycles. The summed E-state index contributed by atoms with van der Waals surface area (Å²) in [6.45, 7) is 6.87. The van der Waals surface area contributed by atoms with Crippen molar-refractivity contribution in [2.75, 3.05) is 13.1 Å². The minimum atomic E-state index is -0.459. The lowest BCUT2D eigenvalue weighted by Gasteiger charge is -2.30. The predicted octanol–water partition coefficient (Wildman–Crippen LogP) is 2.32. The van der Waals surface area contributed by atoms with Crippen LogP contribution < -0.4 is 0 Å². The summed E-state index contributed by atoms with van der Waals surface area (Å²) in [6, 6.07) is 3.96. The molecule has 0 unspecified atom stereocenters. The third-order valence-corrected chi connectivity index (χ3v) is 3.76. The summed E-state index contributed by atoms with van der Waals surface area (Å²) in [6.07, 6.45) is 4.21. The quantitative estimate of drug-likeness (QED) is 0.739. The summed E-state index contributed by atoms with van der Waals surface area (Å²) >= 11 is 0. The van der Waals surface area contributed by atoms with E-state index in [-0.39, 0.29) is 17.8 Å². The van der Waals surface area contributed by atoms with Crippen molar-refractivity contribution in [3.05, 3.63) is 30.1 Å². The van der Waals surface area contributed by atoms with Crippen LogP contribution in [0, 0.1) is 0 Å². The highest BCUT2D eigenvalue weighted by Gasteiger charge is 2.61. The van der Waals surface area contributed by atoms with Crippen LogP contribution in [0.15, 0.2) is 24.5 Å². The molecular formula is C15H20N2O3. The number of likely N-dealkylation sites (tertiary alicyclic amines) is 1. The maximum atomic E-state index is 12.1. The van der Waals surface area contributed by atoms with Gasteiger partial charge in [0, 0.05) is 30.9 Å². The van der Waals surface area contributed by atoms with Crippen molar-refractivity contribution in [3.8, 4) is 0 Å². The number of carbonyl (C=O) groups is 1. The summed E-state index contributed by atoms with van der Waals surface area (Å²) in [5.41, 5.74) is 0.417. The fourth-order valence-electron chi connectivity index (χ4n) is 2.72. The summed E-state index contributed by atoms with van der Waals surface area (Å²) < 4.78 is 11.3. The van der Waals surface area contributed by atoms with E-state index in [4.69, 9.17) is 9.47 Å². The second kappa shape index (κ2) is 4.45. The van der Waals surface area contributed by atoms with Gasteiger partial charge in [-0.15, -0.1) is 0 Å². The first-order valence-electron chi connectivity index (χ1n) is 6.97. The van der Waals surface area contributed by atoms with Crippen molar-refractivity contribution >= 4 is 6.09 Å². The minimum absolute atomic E-state index is 0.0629. The lowest BCUT2D eigenvalue weighted by Crippen LogP contribution is -2.44. The summed E-state index contributed by atoms with van der Waals surface area (Å²) in [5, 5.41) is 0. The average Bonchev–Trinajstić information content (AvgIpc) is 3.12. The van der Waals surface area contributed by atoms with Gasteiger partial charge in [0.05, 0.1) is 6.54 Å². The lowest BCUT2D eigenvalue weighted by atomic mass is 9.90. The van der Waals surface area contributed by atoms with Crippen LogP contribution in [-0.2, 0) is 15.1 Å². The highest BCUT2D eigenvalue weighted by atomic mass is 16.6. The van der Waals surface area contributed by atoms with Crippen molar-refractivity contribution in [1.82, 2.24) is 9.88 Å². The summed E-state index contributed by atoms with van der Waals surface area (Å²) in [4.78, 5) is 17.9. The number of carbonyl (C=O) groups excluding carboxylic acids is 1. The number of epoxide rings is 1. The fraction of sp³-hybridized carbons (Fsp3) is 0.600. The Bertz CT molecular complexity index is 512. The SMILES string of the molecule is CC(C)(C)OC(=O)N1CC[C@@]2(c3cccnc3)O[C@H]2C1. The van der Waals surface area contributed by atoms with Crippen molar-refractivity contribution in [2.45, 2.75) is 44.5 Å². The Labute approximate surface area is 118 Å². The third kappa shape index (κ3) is 2.38. The standard InChI is InChI=1S/C15H20N2O3/c1-14(2,3)20-13(18)17-8-6-15(12(10-17)19-15)11-5-4-7-16-9-11/h4-5,7,9,12H,6,8,10H2,1-3H3/t12-,15-/m0/s1. The number of hydrogen-bond acceptors (Lipinski definition) is 4. The van der Waals surface area contributed by atoms with Gasteiger partial charge in [-0.05, 0) is 26.8 Å². The summed E-state index contributed by atoms with van der Waals surface area (Å²) in [5.74, 6) is 0. The van der Waals surface area contributed by atoms with Crippen LogP contribution in [0.3, 0.4) is 0 Å². The number of rotatable bonds is 1. The lowest BCUT2D eigenvalue weighted by molar-refractivity contribution is 0.0217. The topological polar surface area (TPSA) is 55.0 Å². The van der Waals surface area contributed by atoms with E-state index in [1.165, 1.54) is 0 Å². The van der Waals surface area contributed by atoms with Gasteiger partial charge in [0.15, 0.2) is 0 Å². The van der Waals surface area contributed by atoms with Gasteiger partial charge in [-0.1, -0.05) is 6.07 Å². The number of nitrogens with zero attached hydrogens (tertiary/aromatic N) is 2. The highest BCUT2D eigenvalue weighted by Crippen LogP contribution is 2.51. The van der Waals surface area contributed by atoms with Gasteiger partial charge < -0.3 is 14.4 Å². The number of aromatic nitrogens is 1. The van der Waals surface area contributed by atoms with Gasteiger partial charge in [-0.2, -0.15) is 0 Å². The minimum Gasteiger partial charge on any atom is -0.444 e. The number of piperidine rings is 1. The fourth-order valence-corrected chi connectivity index (χ4v) is 2.72. The molecule has 0 aliphatic carbocycles. The number of amides is 1. The maximum absolute atomic E-state index is 12.1. The molecule has 0 aromatic carbocycles. The number of hydrogen-bond donors (Lipinski definition) is 0. The molecule has 5 heteroatoms. The van der Waals surface area contributed by atoms with Gasteiger partial charge in [-0.3, -0.25) is 4.98 Å². The van der Waals surface area contributed by atoms with Gasteiger partial charge in [-0.25, -0.2) is 4.79 Å². The van der Waals surface area contributed by atoms with Gasteiger partial charge in [0.25, 0.3) is 0 Å². The Hall–Kier alpha value is -1.62. The first-order valence-corrected chi connectivity index (χ1v) is 6.97. The van der Waals surface area contributed by atoms with Crippen molar-refractivity contribution in [1.29, 1.82) is 0 Å². The van der Waals surface area contributed by atoms with Crippen LogP contribution in [0.25, 0.3) is 0 Å². The van der Waals surface area contributed by atoms with Crippen LogP contribution in [0.4, 0.5) is 4.79 Å². The molecule has 108 valence electrons. The molecule has 3 rings (SSSR count). The number of fused-ring (bicyclic) bond motifs is 1. The number of pyridine rings is 1. The van der Waals surface area contributed by atoms with Gasteiger partial charge >= 0.3 is 6.09 Å². The van der Waals surface area contributed by atoms with E-state index in [0.717, 1.165) is 12.0 Å². The van der Waals surface area contributed by atoms with Crippen LogP contribution in [-0.4, -0.2) is 40.8 Å². The Morgan fingerprint density at radius 2 is 2.35 bits per heavy atom. The Balaban J connectivity index is 1.65. The maximum Gasteiger partial charge on any atom is 0.410 e. The first-order chi connectivity index (χ1) is 9.41. The molecule has 0 bridgehead atoms. The molecule has 0 spiro atoms.